The standard InChI is InChI=1S/C18H18F3N7.C2H6/c1-11-15-16(26-25-11)24-14(7-23-15)27-5-3-17(8-27)9-28(10-17)12-2-4-22-13(6-12)18(19,20)21;1-2/h2,4,6-7H,3,5,8-10H2,1H3,(H,24,25,26);1-2H3. The van der Waals surface area contributed by atoms with E-state index in [4.69, 9.17) is 0 Å². The summed E-state index contributed by atoms with van der Waals surface area (Å²) in [7, 11) is 0. The zero-order valence-corrected chi connectivity index (χ0v) is 17.2. The molecule has 2 aliphatic rings. The predicted octanol–water partition coefficient (Wildman–Crippen LogP) is 3.82. The third kappa shape index (κ3) is 3.54. The molecule has 10 heteroatoms. The van der Waals surface area contributed by atoms with Crippen molar-refractivity contribution in [3.63, 3.8) is 0 Å². The van der Waals surface area contributed by atoms with E-state index in [0.29, 0.717) is 11.3 Å². The number of alkyl halides is 3. The third-order valence-electron chi connectivity index (χ3n) is 5.64. The number of fused-ring (bicyclic) bond motifs is 1. The number of rotatable bonds is 2. The Morgan fingerprint density at radius 1 is 1.10 bits per heavy atom. The summed E-state index contributed by atoms with van der Waals surface area (Å²) in [5, 5.41) is 7.06. The molecule has 160 valence electrons. The maximum absolute atomic E-state index is 12.9. The molecule has 1 spiro atoms. The molecule has 2 saturated heterocycles. The maximum Gasteiger partial charge on any atom is 0.433 e. The lowest BCUT2D eigenvalue weighted by atomic mass is 9.79. The van der Waals surface area contributed by atoms with Gasteiger partial charge in [0.25, 0.3) is 0 Å². The summed E-state index contributed by atoms with van der Waals surface area (Å²) in [6.07, 6.45) is -0.468. The van der Waals surface area contributed by atoms with Crippen molar-refractivity contribution < 1.29 is 13.2 Å². The van der Waals surface area contributed by atoms with Crippen LogP contribution in [0.25, 0.3) is 11.2 Å². The van der Waals surface area contributed by atoms with E-state index in [9.17, 15) is 13.2 Å². The Morgan fingerprint density at radius 3 is 2.57 bits per heavy atom. The average molecular weight is 419 g/mol. The monoisotopic (exact) mass is 419 g/mol. The van der Waals surface area contributed by atoms with Crippen molar-refractivity contribution in [1.82, 2.24) is 25.1 Å². The number of nitrogens with one attached hydrogen (secondary N) is 1. The van der Waals surface area contributed by atoms with E-state index in [2.05, 4.69) is 30.0 Å². The van der Waals surface area contributed by atoms with Crippen LogP contribution in [0.2, 0.25) is 0 Å². The SMILES string of the molecule is CC.Cc1[nH]nc2nc(N3CCC4(CN(c5ccnc(C(F)(F)F)c5)C4)C3)cnc12. The fraction of sp³-hybridized carbons (Fsp3) is 0.500. The largest absolute Gasteiger partial charge is 0.433 e. The molecule has 0 unspecified atom stereocenters. The molecule has 0 radical (unpaired) electrons. The van der Waals surface area contributed by atoms with Gasteiger partial charge in [0.05, 0.1) is 11.9 Å². The highest BCUT2D eigenvalue weighted by molar-refractivity contribution is 5.74. The Kier molecular flexibility index (Phi) is 5.03. The predicted molar refractivity (Wildman–Crippen MR) is 108 cm³/mol. The molecule has 3 aromatic heterocycles. The molecule has 5 rings (SSSR count). The summed E-state index contributed by atoms with van der Waals surface area (Å²) in [6, 6.07) is 2.76. The number of hydrogen-bond donors (Lipinski definition) is 1. The first-order valence-corrected chi connectivity index (χ1v) is 10.0. The van der Waals surface area contributed by atoms with Crippen molar-refractivity contribution in [3.8, 4) is 0 Å². The number of aromatic amines is 1. The van der Waals surface area contributed by atoms with Crippen LogP contribution in [-0.2, 0) is 6.18 Å². The van der Waals surface area contributed by atoms with Gasteiger partial charge in [-0.3, -0.25) is 10.1 Å². The highest BCUT2D eigenvalue weighted by Gasteiger charge is 2.48. The van der Waals surface area contributed by atoms with Crippen LogP contribution < -0.4 is 9.80 Å². The molecule has 0 atom stereocenters. The molecule has 0 saturated carbocycles. The lowest BCUT2D eigenvalue weighted by Gasteiger charge is -2.49. The van der Waals surface area contributed by atoms with Crippen molar-refractivity contribution in [2.24, 2.45) is 5.41 Å². The van der Waals surface area contributed by atoms with Crippen LogP contribution in [-0.4, -0.2) is 51.3 Å². The Morgan fingerprint density at radius 2 is 1.83 bits per heavy atom. The minimum Gasteiger partial charge on any atom is -0.370 e. The Labute approximate surface area is 172 Å². The number of aryl methyl sites for hydroxylation is 1. The fourth-order valence-corrected chi connectivity index (χ4v) is 4.16. The zero-order chi connectivity index (χ0) is 21.5. The van der Waals surface area contributed by atoms with Gasteiger partial charge in [0, 0.05) is 43.5 Å². The van der Waals surface area contributed by atoms with Gasteiger partial charge in [-0.05, 0) is 25.5 Å². The molecular weight excluding hydrogens is 395 g/mol. The normalized spacial score (nSPS) is 17.8. The molecule has 2 aliphatic heterocycles. The van der Waals surface area contributed by atoms with Gasteiger partial charge in [0.1, 0.15) is 17.0 Å². The highest BCUT2D eigenvalue weighted by atomic mass is 19.4. The Balaban J connectivity index is 0.00000106. The van der Waals surface area contributed by atoms with Gasteiger partial charge in [-0.15, -0.1) is 0 Å². The molecule has 5 heterocycles. The molecule has 1 N–H and O–H groups in total. The topological polar surface area (TPSA) is 73.8 Å². The van der Waals surface area contributed by atoms with Crippen molar-refractivity contribution in [3.05, 3.63) is 35.9 Å². The van der Waals surface area contributed by atoms with E-state index >= 15 is 0 Å². The number of nitrogens with zero attached hydrogens (tertiary/aromatic N) is 6. The molecule has 0 aliphatic carbocycles. The molecule has 0 bridgehead atoms. The van der Waals surface area contributed by atoms with Gasteiger partial charge in [-0.1, -0.05) is 13.8 Å². The Bertz CT molecular complexity index is 1040. The first-order valence-electron chi connectivity index (χ1n) is 10.0. The first-order chi connectivity index (χ1) is 14.3. The smallest absolute Gasteiger partial charge is 0.370 e. The zero-order valence-electron chi connectivity index (χ0n) is 17.2. The van der Waals surface area contributed by atoms with Crippen LogP contribution in [0.15, 0.2) is 24.5 Å². The summed E-state index contributed by atoms with van der Waals surface area (Å²) in [5.74, 6) is 0.789. The second-order valence-electron chi connectivity index (χ2n) is 7.67. The van der Waals surface area contributed by atoms with Gasteiger partial charge >= 0.3 is 6.18 Å². The summed E-state index contributed by atoms with van der Waals surface area (Å²) >= 11 is 0. The molecule has 7 nitrogen and oxygen atoms in total. The summed E-state index contributed by atoms with van der Waals surface area (Å²) in [6.45, 7) is 9.01. The second-order valence-corrected chi connectivity index (χ2v) is 7.67. The van der Waals surface area contributed by atoms with Crippen LogP contribution in [0.3, 0.4) is 0 Å². The molecule has 0 aromatic carbocycles. The minimum atomic E-state index is -4.43. The summed E-state index contributed by atoms with van der Waals surface area (Å²) in [4.78, 5) is 16.6. The van der Waals surface area contributed by atoms with E-state index in [1.807, 2.05) is 25.7 Å². The lowest BCUT2D eigenvalue weighted by Crippen LogP contribution is -2.57. The van der Waals surface area contributed by atoms with Crippen molar-refractivity contribution in [2.45, 2.75) is 33.4 Å². The number of anilines is 2. The van der Waals surface area contributed by atoms with E-state index in [-0.39, 0.29) is 5.41 Å². The van der Waals surface area contributed by atoms with Crippen molar-refractivity contribution in [1.29, 1.82) is 0 Å². The van der Waals surface area contributed by atoms with Gasteiger partial charge in [-0.2, -0.15) is 18.3 Å². The number of H-pyrrole nitrogens is 1. The van der Waals surface area contributed by atoms with Crippen LogP contribution >= 0.6 is 0 Å². The number of hydrogen-bond acceptors (Lipinski definition) is 6. The van der Waals surface area contributed by atoms with Crippen LogP contribution in [0.1, 0.15) is 31.7 Å². The van der Waals surface area contributed by atoms with Crippen molar-refractivity contribution in [2.75, 3.05) is 36.0 Å². The first kappa shape index (κ1) is 20.4. The summed E-state index contributed by atoms with van der Waals surface area (Å²) in [5.41, 5.74) is 2.04. The van der Waals surface area contributed by atoms with Crippen LogP contribution in [0.4, 0.5) is 24.7 Å². The van der Waals surface area contributed by atoms with Crippen LogP contribution in [0.5, 0.6) is 0 Å². The molecule has 3 aromatic rings. The van der Waals surface area contributed by atoms with Gasteiger partial charge in [0.2, 0.25) is 5.65 Å². The fourth-order valence-electron chi connectivity index (χ4n) is 4.16. The van der Waals surface area contributed by atoms with E-state index in [0.717, 1.165) is 55.7 Å². The quantitative estimate of drug-likeness (QED) is 0.681. The highest BCUT2D eigenvalue weighted by Crippen LogP contribution is 2.43. The van der Waals surface area contributed by atoms with E-state index in [1.54, 1.807) is 12.3 Å². The van der Waals surface area contributed by atoms with Gasteiger partial charge < -0.3 is 9.80 Å². The van der Waals surface area contributed by atoms with Crippen LogP contribution in [0, 0.1) is 12.3 Å². The van der Waals surface area contributed by atoms with Crippen molar-refractivity contribution >= 4 is 22.7 Å². The number of halogens is 3. The maximum atomic E-state index is 12.9. The molecule has 30 heavy (non-hydrogen) atoms. The minimum absolute atomic E-state index is 0.0692. The molecular formula is C20H24F3N7. The lowest BCUT2D eigenvalue weighted by molar-refractivity contribution is -0.141. The average Bonchev–Trinajstić information content (AvgIpc) is 3.32. The van der Waals surface area contributed by atoms with Gasteiger partial charge in [-0.25, -0.2) is 9.97 Å². The van der Waals surface area contributed by atoms with E-state index < -0.39 is 11.9 Å². The van der Waals surface area contributed by atoms with E-state index in [1.165, 1.54) is 6.20 Å². The number of aromatic nitrogens is 5. The molecule has 0 amide bonds. The second kappa shape index (κ2) is 7.41. The molecule has 2 fully saturated rings. The summed E-state index contributed by atoms with van der Waals surface area (Å²) < 4.78 is 38.7. The van der Waals surface area contributed by atoms with Gasteiger partial charge in [0.15, 0.2) is 0 Å². The number of pyridine rings is 1. The third-order valence-corrected chi connectivity index (χ3v) is 5.64. The Hall–Kier alpha value is -2.91.